The van der Waals surface area contributed by atoms with E-state index in [0.29, 0.717) is 33.0 Å². The summed E-state index contributed by atoms with van der Waals surface area (Å²) in [6.07, 6.45) is 15.9. The van der Waals surface area contributed by atoms with Crippen molar-refractivity contribution >= 4 is 45.4 Å². The minimum atomic E-state index is 0.586. The van der Waals surface area contributed by atoms with Crippen LogP contribution in [0.3, 0.4) is 0 Å². The van der Waals surface area contributed by atoms with E-state index >= 15 is 0 Å². The van der Waals surface area contributed by atoms with Gasteiger partial charge < -0.3 is 33.7 Å². The van der Waals surface area contributed by atoms with Gasteiger partial charge in [-0.1, -0.05) is 59.3 Å². The number of methoxy groups -OCH3 is 4. The molecule has 2 N–H and O–H groups in total. The lowest BCUT2D eigenvalue weighted by atomic mass is 10.1. The summed E-state index contributed by atoms with van der Waals surface area (Å²) in [5.74, 6) is 0.760. The van der Waals surface area contributed by atoms with Crippen molar-refractivity contribution in [2.24, 2.45) is 0 Å². The second-order valence-electron chi connectivity index (χ2n) is 13.1. The minimum absolute atomic E-state index is 0.586. The molecule has 3 aromatic heterocycles. The fourth-order valence-electron chi connectivity index (χ4n) is 6.51. The summed E-state index contributed by atoms with van der Waals surface area (Å²) in [5, 5.41) is 0. The van der Waals surface area contributed by atoms with Crippen LogP contribution < -0.4 is 4.74 Å². The van der Waals surface area contributed by atoms with E-state index in [4.69, 9.17) is 33.7 Å². The zero-order valence-corrected chi connectivity index (χ0v) is 32.8. The Kier molecular flexibility index (Phi) is 17.6. The van der Waals surface area contributed by atoms with E-state index in [-0.39, 0.29) is 0 Å². The van der Waals surface area contributed by atoms with Gasteiger partial charge in [-0.05, 0) is 90.8 Å². The van der Waals surface area contributed by atoms with Crippen LogP contribution >= 0.6 is 0 Å². The Morgan fingerprint density at radius 2 is 1.08 bits per heavy atom. The summed E-state index contributed by atoms with van der Waals surface area (Å²) in [4.78, 5) is 17.8. The Morgan fingerprint density at radius 1 is 0.538 bits per heavy atom. The standard InChI is InChI=1S/C41H56N4O5.C2H6/c1-6-7-8-9-10-11-12-19-50-40-28-35-31(17-22-48-4)26-37(44-35)36-24-29(15-20-46-2)33(42-36)13-14-34-30(16-21-47-3)25-38(43-34)39-27-32(18-23-49-5)41(40)45-39;1-2/h13-14,24-28,43-44H,6-12,15-23H2,1-5H3;1-2H3. The van der Waals surface area contributed by atoms with E-state index in [1.54, 1.807) is 28.4 Å². The quantitative estimate of drug-likeness (QED) is 0.106. The topological polar surface area (TPSA) is 104 Å². The van der Waals surface area contributed by atoms with E-state index < -0.39 is 0 Å². The van der Waals surface area contributed by atoms with Gasteiger partial charge >= 0.3 is 0 Å². The van der Waals surface area contributed by atoms with Crippen LogP contribution in [0.15, 0.2) is 30.3 Å². The predicted molar refractivity (Wildman–Crippen MR) is 216 cm³/mol. The van der Waals surface area contributed by atoms with Crippen LogP contribution in [0.2, 0.25) is 0 Å². The van der Waals surface area contributed by atoms with E-state index in [2.05, 4.69) is 59.4 Å². The summed E-state index contributed by atoms with van der Waals surface area (Å²) < 4.78 is 28.7. The molecule has 0 aliphatic carbocycles. The highest BCUT2D eigenvalue weighted by atomic mass is 16.5. The maximum absolute atomic E-state index is 6.70. The molecule has 0 aromatic carbocycles. The summed E-state index contributed by atoms with van der Waals surface area (Å²) in [7, 11) is 6.95. The molecule has 0 atom stereocenters. The predicted octanol–water partition coefficient (Wildman–Crippen LogP) is 10.0. The number of nitrogens with one attached hydrogen (secondary N) is 2. The molecule has 9 heteroatoms. The van der Waals surface area contributed by atoms with Gasteiger partial charge in [0, 0.05) is 45.5 Å². The molecule has 0 spiro atoms. The Hall–Kier alpha value is -3.76. The van der Waals surface area contributed by atoms with Crippen LogP contribution in [0.5, 0.6) is 5.75 Å². The monoisotopic (exact) mass is 714 g/mol. The third-order valence-electron chi connectivity index (χ3n) is 9.37. The van der Waals surface area contributed by atoms with Gasteiger partial charge in [-0.25, -0.2) is 9.97 Å². The average molecular weight is 715 g/mol. The molecule has 5 rings (SSSR count). The number of unbranched alkanes of at least 4 members (excludes halogenated alkanes) is 6. The lowest BCUT2D eigenvalue weighted by Gasteiger charge is -2.10. The van der Waals surface area contributed by atoms with Gasteiger partial charge in [-0.3, -0.25) is 0 Å². The van der Waals surface area contributed by atoms with Crippen LogP contribution in [0.4, 0.5) is 0 Å². The fraction of sp³-hybridized carbons (Fsp3) is 0.535. The van der Waals surface area contributed by atoms with Crippen molar-refractivity contribution in [2.75, 3.05) is 61.5 Å². The van der Waals surface area contributed by atoms with Crippen molar-refractivity contribution < 1.29 is 23.7 Å². The number of H-pyrrole nitrogens is 2. The van der Waals surface area contributed by atoms with Crippen LogP contribution in [0, 0.1) is 0 Å². The zero-order valence-electron chi connectivity index (χ0n) is 32.8. The molecule has 9 nitrogen and oxygen atoms in total. The van der Waals surface area contributed by atoms with Crippen molar-refractivity contribution in [3.63, 3.8) is 0 Å². The molecular formula is C43H62N4O5. The number of rotatable bonds is 21. The summed E-state index contributed by atoms with van der Waals surface area (Å²) >= 11 is 0. The fourth-order valence-corrected chi connectivity index (χ4v) is 6.51. The third kappa shape index (κ3) is 11.4. The van der Waals surface area contributed by atoms with Gasteiger partial charge in [0.2, 0.25) is 0 Å². The number of fused-ring (bicyclic) bond motifs is 10. The van der Waals surface area contributed by atoms with Crippen molar-refractivity contribution in [2.45, 2.75) is 91.4 Å². The maximum atomic E-state index is 6.70. The van der Waals surface area contributed by atoms with E-state index in [1.165, 1.54) is 32.1 Å². The highest BCUT2D eigenvalue weighted by molar-refractivity contribution is 5.91. The van der Waals surface area contributed by atoms with Gasteiger partial charge in [0.15, 0.2) is 0 Å². The largest absolute Gasteiger partial charge is 0.491 e. The SMILES string of the molecule is CC.CCCCCCCCCOc1cc2[nH]c(cc2CCOC)c2nc(ccc3[nH]c(cc3CCOC)c3nc1C(CCOC)=C3)C(CCOC)=C2. The second-order valence-corrected chi connectivity index (χ2v) is 13.1. The van der Waals surface area contributed by atoms with Crippen molar-refractivity contribution in [1.29, 1.82) is 0 Å². The molecule has 52 heavy (non-hydrogen) atoms. The number of nitrogens with zero attached hydrogens (tertiary/aromatic N) is 2. The maximum Gasteiger partial charge on any atom is 0.147 e. The number of hydrogen-bond donors (Lipinski definition) is 2. The van der Waals surface area contributed by atoms with Crippen LogP contribution in [-0.4, -0.2) is 81.4 Å². The van der Waals surface area contributed by atoms with Gasteiger partial charge in [-0.2, -0.15) is 0 Å². The van der Waals surface area contributed by atoms with Gasteiger partial charge in [0.05, 0.1) is 61.1 Å². The van der Waals surface area contributed by atoms with E-state index in [9.17, 15) is 0 Å². The molecular weight excluding hydrogens is 652 g/mol. The molecule has 8 bridgehead atoms. The molecule has 284 valence electrons. The van der Waals surface area contributed by atoms with Crippen molar-refractivity contribution in [3.8, 4) is 5.75 Å². The molecule has 5 heterocycles. The van der Waals surface area contributed by atoms with E-state index in [0.717, 1.165) is 111 Å². The van der Waals surface area contributed by atoms with Gasteiger partial charge in [-0.15, -0.1) is 0 Å². The smallest absolute Gasteiger partial charge is 0.147 e. The Bertz CT molecular complexity index is 1770. The van der Waals surface area contributed by atoms with Gasteiger partial charge in [0.25, 0.3) is 0 Å². The number of aromatic amines is 2. The Labute approximate surface area is 311 Å². The molecule has 3 aromatic rings. The van der Waals surface area contributed by atoms with Crippen LogP contribution in [-0.2, 0) is 31.8 Å². The number of ether oxygens (including phenoxy) is 5. The second kappa shape index (κ2) is 22.3. The molecule has 0 unspecified atom stereocenters. The van der Waals surface area contributed by atoms with Crippen LogP contribution in [0.1, 0.15) is 112 Å². The number of hydrogen-bond acceptors (Lipinski definition) is 7. The molecule has 0 saturated heterocycles. The van der Waals surface area contributed by atoms with Crippen LogP contribution in [0.25, 0.3) is 45.4 Å². The molecule has 0 fully saturated rings. The lowest BCUT2D eigenvalue weighted by molar-refractivity contribution is 0.202. The normalized spacial score (nSPS) is 12.4. The molecule has 0 amide bonds. The Balaban J connectivity index is 0.00000297. The van der Waals surface area contributed by atoms with Crippen molar-refractivity contribution in [3.05, 3.63) is 64.2 Å². The third-order valence-corrected chi connectivity index (χ3v) is 9.37. The molecule has 0 saturated carbocycles. The highest BCUT2D eigenvalue weighted by Crippen LogP contribution is 2.35. The first kappa shape index (κ1) is 41.0. The first-order valence-electron chi connectivity index (χ1n) is 19.3. The average Bonchev–Trinajstić information content (AvgIpc) is 3.96. The highest BCUT2D eigenvalue weighted by Gasteiger charge is 2.19. The van der Waals surface area contributed by atoms with E-state index in [1.807, 2.05) is 13.8 Å². The molecule has 2 aliphatic heterocycles. The van der Waals surface area contributed by atoms with Gasteiger partial charge in [0.1, 0.15) is 11.4 Å². The lowest BCUT2D eigenvalue weighted by Crippen LogP contribution is -2.01. The molecule has 0 radical (unpaired) electrons. The zero-order chi connectivity index (χ0) is 37.1. The Morgan fingerprint density at radius 3 is 1.73 bits per heavy atom. The minimum Gasteiger partial charge on any atom is -0.491 e. The summed E-state index contributed by atoms with van der Waals surface area (Å²) in [6, 6.07) is 10.7. The molecule has 2 aliphatic rings. The summed E-state index contributed by atoms with van der Waals surface area (Å²) in [6.45, 7) is 9.31. The van der Waals surface area contributed by atoms with Crippen molar-refractivity contribution in [1.82, 2.24) is 19.9 Å². The first-order chi connectivity index (χ1) is 25.6. The number of aromatic nitrogens is 4. The summed E-state index contributed by atoms with van der Waals surface area (Å²) in [5.41, 5.74) is 12.0. The first-order valence-corrected chi connectivity index (χ1v) is 19.3.